The molecule has 0 saturated carbocycles. The summed E-state index contributed by atoms with van der Waals surface area (Å²) >= 11 is 0.999. The molecule has 1 aromatic heterocycles. The summed E-state index contributed by atoms with van der Waals surface area (Å²) in [7, 11) is -3.68. The van der Waals surface area contributed by atoms with Gasteiger partial charge >= 0.3 is 5.97 Å². The van der Waals surface area contributed by atoms with E-state index in [0.29, 0.717) is 17.4 Å². The Morgan fingerprint density at radius 3 is 2.68 bits per heavy atom. The Kier molecular flexibility index (Phi) is 5.96. The highest BCUT2D eigenvalue weighted by atomic mass is 32.2. The van der Waals surface area contributed by atoms with E-state index >= 15 is 0 Å². The monoisotopic (exact) mass is 305 g/mol. The maximum absolute atomic E-state index is 11.6. The lowest BCUT2D eigenvalue weighted by Gasteiger charge is -2.10. The van der Waals surface area contributed by atoms with Crippen molar-refractivity contribution >= 4 is 27.3 Å². The molecule has 0 bridgehead atoms. The van der Waals surface area contributed by atoms with Crippen molar-refractivity contribution in [2.45, 2.75) is 37.3 Å². The Labute approximate surface area is 117 Å². The van der Waals surface area contributed by atoms with E-state index in [1.165, 1.54) is 6.07 Å². The molecule has 7 heteroatoms. The lowest BCUT2D eigenvalue weighted by Crippen LogP contribution is -2.13. The van der Waals surface area contributed by atoms with Crippen LogP contribution < -0.4 is 5.14 Å². The van der Waals surface area contributed by atoms with Crippen LogP contribution in [0.5, 0.6) is 0 Å². The number of hydrogen-bond donors (Lipinski definition) is 1. The van der Waals surface area contributed by atoms with Gasteiger partial charge in [-0.1, -0.05) is 20.3 Å². The van der Waals surface area contributed by atoms with E-state index in [1.807, 2.05) is 6.92 Å². The molecule has 0 saturated heterocycles. The zero-order valence-corrected chi connectivity index (χ0v) is 12.7. The van der Waals surface area contributed by atoms with Crippen LogP contribution >= 0.6 is 11.3 Å². The second-order valence-corrected chi connectivity index (χ2v) is 7.48. The van der Waals surface area contributed by atoms with Gasteiger partial charge in [0.05, 0.1) is 13.0 Å². The summed E-state index contributed by atoms with van der Waals surface area (Å²) in [5, 5.41) is 5.00. The first-order valence-corrected chi connectivity index (χ1v) is 8.46. The highest BCUT2D eigenvalue weighted by molar-refractivity contribution is 7.91. The molecular weight excluding hydrogens is 286 g/mol. The van der Waals surface area contributed by atoms with Gasteiger partial charge in [-0.05, 0) is 24.5 Å². The van der Waals surface area contributed by atoms with E-state index in [9.17, 15) is 13.2 Å². The molecule has 0 spiro atoms. The van der Waals surface area contributed by atoms with Gasteiger partial charge in [0.25, 0.3) is 0 Å². The van der Waals surface area contributed by atoms with Crippen LogP contribution in [0.3, 0.4) is 0 Å². The van der Waals surface area contributed by atoms with Crippen LogP contribution in [0.2, 0.25) is 0 Å². The van der Waals surface area contributed by atoms with E-state index in [-0.39, 0.29) is 16.6 Å². The van der Waals surface area contributed by atoms with Crippen LogP contribution in [0.1, 0.15) is 31.6 Å². The number of sulfonamides is 1. The maximum Gasteiger partial charge on any atom is 0.311 e. The van der Waals surface area contributed by atoms with Crippen molar-refractivity contribution in [1.29, 1.82) is 0 Å². The number of rotatable bonds is 7. The third-order valence-electron chi connectivity index (χ3n) is 2.55. The molecular formula is C12H19NO4S2. The van der Waals surface area contributed by atoms with Crippen LogP contribution in [-0.4, -0.2) is 21.0 Å². The van der Waals surface area contributed by atoms with Crippen molar-refractivity contribution in [3.63, 3.8) is 0 Å². The fourth-order valence-electron chi connectivity index (χ4n) is 1.61. The minimum absolute atomic E-state index is 0.0645. The van der Waals surface area contributed by atoms with Gasteiger partial charge in [0.15, 0.2) is 0 Å². The molecule has 0 fully saturated rings. The third kappa shape index (κ3) is 5.71. The van der Waals surface area contributed by atoms with Crippen LogP contribution in [0.25, 0.3) is 0 Å². The summed E-state index contributed by atoms with van der Waals surface area (Å²) in [5.74, 6) is 0.00281. The first kappa shape index (κ1) is 16.1. The number of esters is 1. The predicted octanol–water partition coefficient (Wildman–Crippen LogP) is 1.92. The van der Waals surface area contributed by atoms with Crippen LogP contribution in [0.4, 0.5) is 0 Å². The lowest BCUT2D eigenvalue weighted by atomic mass is 10.1. The van der Waals surface area contributed by atoms with E-state index in [0.717, 1.165) is 24.2 Å². The van der Waals surface area contributed by atoms with Gasteiger partial charge in [0, 0.05) is 4.88 Å². The Bertz CT molecular complexity index is 522. The summed E-state index contributed by atoms with van der Waals surface area (Å²) in [6.07, 6.45) is 2.16. The Hall–Kier alpha value is -0.920. The molecule has 5 nitrogen and oxygen atoms in total. The quantitative estimate of drug-likeness (QED) is 0.780. The van der Waals surface area contributed by atoms with E-state index in [1.54, 1.807) is 6.07 Å². The second kappa shape index (κ2) is 7.02. The van der Waals surface area contributed by atoms with E-state index in [2.05, 4.69) is 6.92 Å². The molecule has 19 heavy (non-hydrogen) atoms. The second-order valence-electron chi connectivity index (χ2n) is 4.52. The van der Waals surface area contributed by atoms with Crippen molar-refractivity contribution in [3.05, 3.63) is 17.0 Å². The molecule has 0 aromatic carbocycles. The number of ether oxygens (including phenoxy) is 1. The number of nitrogens with two attached hydrogens (primary N) is 1. The molecule has 1 atom stereocenters. The topological polar surface area (TPSA) is 86.5 Å². The summed E-state index contributed by atoms with van der Waals surface area (Å²) in [6.45, 7) is 4.51. The normalized spacial score (nSPS) is 13.2. The molecule has 1 rings (SSSR count). The Morgan fingerprint density at radius 2 is 2.16 bits per heavy atom. The molecule has 0 aliphatic rings. The van der Waals surface area contributed by atoms with Crippen molar-refractivity contribution < 1.29 is 17.9 Å². The van der Waals surface area contributed by atoms with Gasteiger partial charge in [0.2, 0.25) is 10.0 Å². The number of hydrogen-bond acceptors (Lipinski definition) is 5. The molecule has 1 unspecified atom stereocenters. The van der Waals surface area contributed by atoms with Gasteiger partial charge in [-0.25, -0.2) is 13.6 Å². The van der Waals surface area contributed by atoms with Gasteiger partial charge in [-0.2, -0.15) is 0 Å². The van der Waals surface area contributed by atoms with Crippen molar-refractivity contribution in [2.75, 3.05) is 6.61 Å². The fourth-order valence-corrected chi connectivity index (χ4v) is 3.37. The van der Waals surface area contributed by atoms with Crippen molar-refractivity contribution in [2.24, 2.45) is 11.1 Å². The molecule has 0 aliphatic heterocycles. The van der Waals surface area contributed by atoms with Crippen LogP contribution in [-0.2, 0) is 26.0 Å². The molecule has 1 aromatic rings. The van der Waals surface area contributed by atoms with Crippen LogP contribution in [0, 0.1) is 5.92 Å². The summed E-state index contributed by atoms with van der Waals surface area (Å²) < 4.78 is 27.4. The zero-order chi connectivity index (χ0) is 14.5. The Morgan fingerprint density at radius 1 is 1.47 bits per heavy atom. The van der Waals surface area contributed by atoms with Crippen molar-refractivity contribution in [1.82, 2.24) is 0 Å². The number of carbonyl (C=O) groups is 1. The highest BCUT2D eigenvalue weighted by Gasteiger charge is 2.14. The van der Waals surface area contributed by atoms with Crippen molar-refractivity contribution in [3.8, 4) is 0 Å². The van der Waals surface area contributed by atoms with Gasteiger partial charge in [0.1, 0.15) is 4.21 Å². The number of carbonyl (C=O) groups excluding carboxylic acids is 1. The molecule has 2 N–H and O–H groups in total. The SMILES string of the molecule is CCCC(C)COC(=O)Cc1ccc(S(N)(=O)=O)s1. The highest BCUT2D eigenvalue weighted by Crippen LogP contribution is 2.21. The number of thiophene rings is 1. The smallest absolute Gasteiger partial charge is 0.311 e. The van der Waals surface area contributed by atoms with Gasteiger partial charge < -0.3 is 4.74 Å². The first-order valence-electron chi connectivity index (χ1n) is 6.10. The largest absolute Gasteiger partial charge is 0.465 e. The summed E-state index contributed by atoms with van der Waals surface area (Å²) in [5.41, 5.74) is 0. The van der Waals surface area contributed by atoms with E-state index < -0.39 is 10.0 Å². The third-order valence-corrected chi connectivity index (χ3v) is 5.07. The molecule has 108 valence electrons. The zero-order valence-electron chi connectivity index (χ0n) is 11.1. The summed E-state index contributed by atoms with van der Waals surface area (Å²) in [4.78, 5) is 12.2. The van der Waals surface area contributed by atoms with E-state index in [4.69, 9.17) is 9.88 Å². The number of primary sulfonamides is 1. The standard InChI is InChI=1S/C12H19NO4S2/c1-3-4-9(2)8-17-11(14)7-10-5-6-12(18-10)19(13,15)16/h5-6,9H,3-4,7-8H2,1-2H3,(H2,13,15,16). The molecule has 0 amide bonds. The lowest BCUT2D eigenvalue weighted by molar-refractivity contribution is -0.144. The minimum atomic E-state index is -3.68. The Balaban J connectivity index is 2.47. The predicted molar refractivity (Wildman–Crippen MR) is 74.4 cm³/mol. The fraction of sp³-hybridized carbons (Fsp3) is 0.583. The maximum atomic E-state index is 11.6. The average molecular weight is 305 g/mol. The first-order chi connectivity index (χ1) is 8.82. The molecule has 0 radical (unpaired) electrons. The molecule has 1 heterocycles. The summed E-state index contributed by atoms with van der Waals surface area (Å²) in [6, 6.07) is 2.99. The van der Waals surface area contributed by atoms with Gasteiger partial charge in [-0.15, -0.1) is 11.3 Å². The minimum Gasteiger partial charge on any atom is -0.465 e. The molecule has 0 aliphatic carbocycles. The average Bonchev–Trinajstić information content (AvgIpc) is 2.75. The van der Waals surface area contributed by atoms with Gasteiger partial charge in [-0.3, -0.25) is 4.79 Å². The van der Waals surface area contributed by atoms with Crippen LogP contribution in [0.15, 0.2) is 16.3 Å².